The maximum Gasteiger partial charge on any atom is 0.264 e. The van der Waals surface area contributed by atoms with E-state index >= 15 is 0 Å². The van der Waals surface area contributed by atoms with E-state index in [0.717, 1.165) is 34.7 Å². The molecule has 1 heterocycles. The minimum absolute atomic E-state index is 0.0673. The lowest BCUT2D eigenvalue weighted by atomic mass is 9.78. The van der Waals surface area contributed by atoms with E-state index in [1.807, 2.05) is 48.5 Å². The van der Waals surface area contributed by atoms with E-state index in [4.69, 9.17) is 4.74 Å². The maximum absolute atomic E-state index is 13.0. The molecule has 1 fully saturated rings. The fraction of sp³-hybridized carbons (Fsp3) is 0.385. The summed E-state index contributed by atoms with van der Waals surface area (Å²) in [4.78, 5) is 29.2. The number of carbonyl (C=O) groups is 2. The van der Waals surface area contributed by atoms with Crippen molar-refractivity contribution in [3.05, 3.63) is 58.5 Å². The molecule has 0 unspecified atom stereocenters. The fourth-order valence-electron chi connectivity index (χ4n) is 4.46. The van der Waals surface area contributed by atoms with Gasteiger partial charge in [-0.1, -0.05) is 50.6 Å². The number of hydrogen-bond acceptors (Lipinski definition) is 4. The fourth-order valence-corrected chi connectivity index (χ4v) is 5.55. The zero-order valence-electron chi connectivity index (χ0n) is 19.1. The maximum atomic E-state index is 13.0. The molecular formula is C26H30N2O3S. The Morgan fingerprint density at radius 2 is 2.00 bits per heavy atom. The van der Waals surface area contributed by atoms with E-state index < -0.39 is 0 Å². The van der Waals surface area contributed by atoms with Gasteiger partial charge in [-0.05, 0) is 60.2 Å². The number of nitrogens with one attached hydrogen (secondary N) is 1. The van der Waals surface area contributed by atoms with Crippen LogP contribution in [0.2, 0.25) is 0 Å². The summed E-state index contributed by atoms with van der Waals surface area (Å²) < 4.78 is 5.28. The molecule has 5 nitrogen and oxygen atoms in total. The SMILES string of the molecule is COc1cccc(/C=C2\Sc3ccc(C(=O)N[C@@H]4CCC[C@@H](C)[C@@H]4C)cc3N(C)C2=O)c1. The first-order chi connectivity index (χ1) is 15.4. The number of rotatable bonds is 4. The average Bonchev–Trinajstić information content (AvgIpc) is 2.80. The standard InChI is InChI=1S/C26H30N2O3S/c1-16-7-5-10-21(17(16)2)27-25(29)19-11-12-23-22(15-19)28(3)26(30)24(32-23)14-18-8-6-9-20(13-18)31-4/h6,8-9,11-17,21H,5,7,10H2,1-4H3,(H,27,29)/b24-14-/t16-,17+,21-/m1/s1. The molecule has 2 aromatic carbocycles. The molecule has 6 heteroatoms. The van der Waals surface area contributed by atoms with Gasteiger partial charge in [0.2, 0.25) is 0 Å². The van der Waals surface area contributed by atoms with Gasteiger partial charge in [0.25, 0.3) is 11.8 Å². The number of thioether (sulfide) groups is 1. The molecular weight excluding hydrogens is 420 g/mol. The van der Waals surface area contributed by atoms with Crippen LogP contribution in [-0.2, 0) is 4.79 Å². The lowest BCUT2D eigenvalue weighted by molar-refractivity contribution is -0.114. The molecule has 0 aromatic heterocycles. The number of amides is 2. The van der Waals surface area contributed by atoms with Crippen molar-refractivity contribution in [3.8, 4) is 5.75 Å². The molecule has 1 aliphatic heterocycles. The van der Waals surface area contributed by atoms with Crippen LogP contribution in [0.4, 0.5) is 5.69 Å². The smallest absolute Gasteiger partial charge is 0.264 e. The van der Waals surface area contributed by atoms with Gasteiger partial charge in [-0.25, -0.2) is 0 Å². The third-order valence-corrected chi connectivity index (χ3v) is 7.81. The molecule has 0 radical (unpaired) electrons. The van der Waals surface area contributed by atoms with Crippen LogP contribution in [0.25, 0.3) is 6.08 Å². The van der Waals surface area contributed by atoms with Crippen LogP contribution in [0.3, 0.4) is 0 Å². The molecule has 1 saturated carbocycles. The highest BCUT2D eigenvalue weighted by atomic mass is 32.2. The highest BCUT2D eigenvalue weighted by Gasteiger charge is 2.30. The van der Waals surface area contributed by atoms with Crippen LogP contribution in [-0.4, -0.2) is 32.0 Å². The largest absolute Gasteiger partial charge is 0.497 e. The minimum Gasteiger partial charge on any atom is -0.497 e. The van der Waals surface area contributed by atoms with Gasteiger partial charge in [-0.3, -0.25) is 9.59 Å². The summed E-state index contributed by atoms with van der Waals surface area (Å²) in [6.07, 6.45) is 5.27. The molecule has 1 N–H and O–H groups in total. The Morgan fingerprint density at radius 1 is 1.19 bits per heavy atom. The molecule has 0 saturated heterocycles. The molecule has 4 rings (SSSR count). The molecule has 3 atom stereocenters. The number of anilines is 1. The molecule has 2 aliphatic rings. The summed E-state index contributed by atoms with van der Waals surface area (Å²) in [5.41, 5.74) is 2.26. The lowest BCUT2D eigenvalue weighted by Gasteiger charge is -2.34. The highest BCUT2D eigenvalue weighted by molar-refractivity contribution is 8.04. The number of benzene rings is 2. The number of methoxy groups -OCH3 is 1. The highest BCUT2D eigenvalue weighted by Crippen LogP contribution is 2.42. The van der Waals surface area contributed by atoms with Crippen molar-refractivity contribution in [2.24, 2.45) is 11.8 Å². The van der Waals surface area contributed by atoms with Gasteiger partial charge in [0.15, 0.2) is 0 Å². The number of hydrogen-bond donors (Lipinski definition) is 1. The Bertz CT molecular complexity index is 1060. The Kier molecular flexibility index (Phi) is 6.60. The Morgan fingerprint density at radius 3 is 2.78 bits per heavy atom. The van der Waals surface area contributed by atoms with Crippen LogP contribution in [0.1, 0.15) is 49.0 Å². The van der Waals surface area contributed by atoms with E-state index in [0.29, 0.717) is 22.3 Å². The first kappa shape index (κ1) is 22.5. The van der Waals surface area contributed by atoms with Gasteiger partial charge >= 0.3 is 0 Å². The topological polar surface area (TPSA) is 58.6 Å². The van der Waals surface area contributed by atoms with Gasteiger partial charge in [0.1, 0.15) is 5.75 Å². The summed E-state index contributed by atoms with van der Waals surface area (Å²) in [6.45, 7) is 4.48. The van der Waals surface area contributed by atoms with Gasteiger partial charge < -0.3 is 15.0 Å². The normalized spacial score (nSPS) is 24.2. The molecule has 2 amide bonds. The van der Waals surface area contributed by atoms with Crippen molar-refractivity contribution < 1.29 is 14.3 Å². The third kappa shape index (κ3) is 4.56. The average molecular weight is 451 g/mol. The van der Waals surface area contributed by atoms with Crippen molar-refractivity contribution in [2.45, 2.75) is 44.0 Å². The molecule has 32 heavy (non-hydrogen) atoms. The van der Waals surface area contributed by atoms with E-state index in [2.05, 4.69) is 19.2 Å². The molecule has 0 spiro atoms. The van der Waals surface area contributed by atoms with E-state index in [1.165, 1.54) is 18.2 Å². The van der Waals surface area contributed by atoms with Crippen molar-refractivity contribution in [1.82, 2.24) is 5.32 Å². The van der Waals surface area contributed by atoms with Crippen LogP contribution in [0.15, 0.2) is 52.3 Å². The number of carbonyl (C=O) groups excluding carboxylic acids is 2. The summed E-state index contributed by atoms with van der Waals surface area (Å²) >= 11 is 1.43. The number of ether oxygens (including phenoxy) is 1. The van der Waals surface area contributed by atoms with Crippen molar-refractivity contribution in [1.29, 1.82) is 0 Å². The van der Waals surface area contributed by atoms with E-state index in [1.54, 1.807) is 19.1 Å². The predicted octanol–water partition coefficient (Wildman–Crippen LogP) is 5.36. The van der Waals surface area contributed by atoms with E-state index in [9.17, 15) is 9.59 Å². The molecule has 168 valence electrons. The first-order valence-corrected chi connectivity index (χ1v) is 12.0. The Hall–Kier alpha value is -2.73. The van der Waals surface area contributed by atoms with Crippen LogP contribution >= 0.6 is 11.8 Å². The van der Waals surface area contributed by atoms with Crippen molar-refractivity contribution in [3.63, 3.8) is 0 Å². The zero-order chi connectivity index (χ0) is 22.8. The van der Waals surface area contributed by atoms with Gasteiger partial charge in [-0.2, -0.15) is 0 Å². The second-order valence-electron chi connectivity index (χ2n) is 8.78. The van der Waals surface area contributed by atoms with Crippen LogP contribution in [0.5, 0.6) is 5.75 Å². The van der Waals surface area contributed by atoms with Crippen LogP contribution < -0.4 is 15.0 Å². The van der Waals surface area contributed by atoms with Gasteiger partial charge in [0, 0.05) is 23.5 Å². The minimum atomic E-state index is -0.0856. The predicted molar refractivity (Wildman–Crippen MR) is 130 cm³/mol. The number of fused-ring (bicyclic) bond motifs is 1. The van der Waals surface area contributed by atoms with Gasteiger partial charge in [0.05, 0.1) is 17.7 Å². The molecule has 1 aliphatic carbocycles. The summed E-state index contributed by atoms with van der Waals surface area (Å²) in [5.74, 6) is 1.68. The van der Waals surface area contributed by atoms with E-state index in [-0.39, 0.29) is 17.9 Å². The zero-order valence-corrected chi connectivity index (χ0v) is 19.9. The number of nitrogens with zero attached hydrogens (tertiary/aromatic N) is 1. The van der Waals surface area contributed by atoms with Crippen molar-refractivity contribution >= 4 is 35.3 Å². The monoisotopic (exact) mass is 450 g/mol. The summed E-state index contributed by atoms with van der Waals surface area (Å²) in [7, 11) is 3.38. The summed E-state index contributed by atoms with van der Waals surface area (Å²) in [6, 6.07) is 13.4. The second kappa shape index (κ2) is 9.41. The van der Waals surface area contributed by atoms with Gasteiger partial charge in [-0.15, -0.1) is 0 Å². The molecule has 0 bridgehead atoms. The number of likely N-dealkylation sites (N-methyl/N-ethyl adjacent to an activating group) is 1. The van der Waals surface area contributed by atoms with Crippen LogP contribution in [0, 0.1) is 11.8 Å². The summed E-state index contributed by atoms with van der Waals surface area (Å²) in [5, 5.41) is 3.23. The Balaban J connectivity index is 1.55. The third-order valence-electron chi connectivity index (χ3n) is 6.73. The first-order valence-electron chi connectivity index (χ1n) is 11.1. The second-order valence-corrected chi connectivity index (χ2v) is 9.86. The quantitative estimate of drug-likeness (QED) is 0.637. The van der Waals surface area contributed by atoms with Crippen molar-refractivity contribution in [2.75, 3.05) is 19.1 Å². The molecule has 2 aromatic rings. The Labute approximate surface area is 194 Å². The lowest BCUT2D eigenvalue weighted by Crippen LogP contribution is -2.43.